The first kappa shape index (κ1) is 12.6. The SMILES string of the molecule is C[C@H]1C/C(=N\N=C2/NC(=O)CS2)CC(C)(C)C1. The van der Waals surface area contributed by atoms with Gasteiger partial charge >= 0.3 is 0 Å². The van der Waals surface area contributed by atoms with Crippen molar-refractivity contribution in [3.05, 3.63) is 0 Å². The topological polar surface area (TPSA) is 53.8 Å². The largest absolute Gasteiger partial charge is 0.303 e. The van der Waals surface area contributed by atoms with Crippen molar-refractivity contribution in [1.29, 1.82) is 0 Å². The molecule has 0 radical (unpaired) electrons. The number of thioether (sulfide) groups is 1. The fourth-order valence-corrected chi connectivity index (χ4v) is 3.31. The fraction of sp³-hybridized carbons (Fsp3) is 0.750. The molecule has 2 aliphatic rings. The molecule has 2 fully saturated rings. The van der Waals surface area contributed by atoms with Gasteiger partial charge in [-0.1, -0.05) is 32.5 Å². The molecule has 1 aliphatic carbocycles. The third kappa shape index (κ3) is 3.56. The van der Waals surface area contributed by atoms with Gasteiger partial charge in [0, 0.05) is 5.71 Å². The van der Waals surface area contributed by atoms with Crippen LogP contribution >= 0.6 is 11.8 Å². The highest BCUT2D eigenvalue weighted by Gasteiger charge is 2.29. The van der Waals surface area contributed by atoms with Gasteiger partial charge in [0.05, 0.1) is 5.75 Å². The normalized spacial score (nSPS) is 33.1. The Labute approximate surface area is 106 Å². The van der Waals surface area contributed by atoms with E-state index in [1.807, 2.05) is 0 Å². The zero-order valence-corrected chi connectivity index (χ0v) is 11.4. The van der Waals surface area contributed by atoms with E-state index >= 15 is 0 Å². The lowest BCUT2D eigenvalue weighted by Gasteiger charge is -2.34. The average molecular weight is 253 g/mol. The van der Waals surface area contributed by atoms with Crippen LogP contribution in [0.1, 0.15) is 40.0 Å². The summed E-state index contributed by atoms with van der Waals surface area (Å²) in [7, 11) is 0. The molecule has 0 aromatic carbocycles. The summed E-state index contributed by atoms with van der Waals surface area (Å²) in [5, 5.41) is 11.8. The molecule has 4 nitrogen and oxygen atoms in total. The van der Waals surface area contributed by atoms with E-state index in [1.54, 1.807) is 0 Å². The molecular formula is C12H19N3OS. The van der Waals surface area contributed by atoms with Gasteiger partial charge < -0.3 is 5.32 Å². The molecule has 5 heteroatoms. The molecule has 1 saturated carbocycles. The van der Waals surface area contributed by atoms with E-state index in [-0.39, 0.29) is 5.91 Å². The highest BCUT2D eigenvalue weighted by atomic mass is 32.2. The second kappa shape index (κ2) is 4.80. The minimum atomic E-state index is 0.0197. The molecular weight excluding hydrogens is 234 g/mol. The maximum absolute atomic E-state index is 11.0. The van der Waals surface area contributed by atoms with E-state index in [1.165, 1.54) is 18.2 Å². The van der Waals surface area contributed by atoms with Crippen LogP contribution in [0.4, 0.5) is 0 Å². The molecule has 1 amide bonds. The van der Waals surface area contributed by atoms with Gasteiger partial charge in [0.2, 0.25) is 5.91 Å². The van der Waals surface area contributed by atoms with Crippen LogP contribution in [0.15, 0.2) is 10.2 Å². The molecule has 0 unspecified atom stereocenters. The Morgan fingerprint density at radius 3 is 2.76 bits per heavy atom. The van der Waals surface area contributed by atoms with Crippen molar-refractivity contribution >= 4 is 28.5 Å². The molecule has 17 heavy (non-hydrogen) atoms. The average Bonchev–Trinajstić information content (AvgIpc) is 2.58. The molecule has 2 rings (SSSR count). The predicted molar refractivity (Wildman–Crippen MR) is 72.3 cm³/mol. The first-order chi connectivity index (χ1) is 7.94. The Bertz CT molecular complexity index is 387. The summed E-state index contributed by atoms with van der Waals surface area (Å²) in [6.07, 6.45) is 3.28. The number of rotatable bonds is 1. The number of amidine groups is 1. The summed E-state index contributed by atoms with van der Waals surface area (Å²) in [5.41, 5.74) is 1.48. The summed E-state index contributed by atoms with van der Waals surface area (Å²) >= 11 is 1.42. The van der Waals surface area contributed by atoms with Crippen molar-refractivity contribution in [2.45, 2.75) is 40.0 Å². The van der Waals surface area contributed by atoms with E-state index in [9.17, 15) is 4.79 Å². The second-order valence-corrected chi connectivity index (χ2v) is 6.73. The van der Waals surface area contributed by atoms with Crippen LogP contribution in [0, 0.1) is 11.3 Å². The molecule has 1 atom stereocenters. The molecule has 0 aromatic rings. The van der Waals surface area contributed by atoms with Crippen molar-refractivity contribution < 1.29 is 4.79 Å². The molecule has 1 aliphatic heterocycles. The first-order valence-electron chi connectivity index (χ1n) is 6.01. The lowest BCUT2D eigenvalue weighted by atomic mass is 9.72. The summed E-state index contributed by atoms with van der Waals surface area (Å²) in [6, 6.07) is 0. The smallest absolute Gasteiger partial charge is 0.236 e. The number of carbonyl (C=O) groups is 1. The van der Waals surface area contributed by atoms with Crippen molar-refractivity contribution in [2.75, 3.05) is 5.75 Å². The molecule has 0 spiro atoms. The summed E-state index contributed by atoms with van der Waals surface area (Å²) in [4.78, 5) is 11.0. The van der Waals surface area contributed by atoms with Gasteiger partial charge in [0.1, 0.15) is 0 Å². The maximum Gasteiger partial charge on any atom is 0.236 e. The lowest BCUT2D eigenvalue weighted by molar-refractivity contribution is -0.116. The molecule has 0 aromatic heterocycles. The van der Waals surface area contributed by atoms with Gasteiger partial charge in [-0.3, -0.25) is 4.79 Å². The van der Waals surface area contributed by atoms with Gasteiger partial charge in [-0.15, -0.1) is 5.10 Å². The number of nitrogens with one attached hydrogen (secondary N) is 1. The molecule has 94 valence electrons. The van der Waals surface area contributed by atoms with Crippen LogP contribution in [0.5, 0.6) is 0 Å². The maximum atomic E-state index is 11.0. The van der Waals surface area contributed by atoms with Crippen LogP contribution in [0.2, 0.25) is 0 Å². The Hall–Kier alpha value is -0.840. The lowest BCUT2D eigenvalue weighted by Crippen LogP contribution is -2.27. The third-order valence-electron chi connectivity index (χ3n) is 3.04. The van der Waals surface area contributed by atoms with Crippen molar-refractivity contribution in [3.63, 3.8) is 0 Å². The van der Waals surface area contributed by atoms with Gasteiger partial charge in [-0.2, -0.15) is 5.10 Å². The number of hydrogen-bond donors (Lipinski definition) is 1. The Kier molecular flexibility index (Phi) is 3.56. The highest BCUT2D eigenvalue weighted by Crippen LogP contribution is 2.37. The zero-order chi connectivity index (χ0) is 12.5. The van der Waals surface area contributed by atoms with Gasteiger partial charge in [0.25, 0.3) is 0 Å². The van der Waals surface area contributed by atoms with E-state index < -0.39 is 0 Å². The van der Waals surface area contributed by atoms with E-state index in [0.717, 1.165) is 18.6 Å². The van der Waals surface area contributed by atoms with E-state index in [0.29, 0.717) is 22.3 Å². The second-order valence-electron chi connectivity index (χ2n) is 5.76. The molecule has 1 saturated heterocycles. The highest BCUT2D eigenvalue weighted by molar-refractivity contribution is 8.15. The zero-order valence-electron chi connectivity index (χ0n) is 10.6. The monoisotopic (exact) mass is 253 g/mol. The Morgan fingerprint density at radius 1 is 1.41 bits per heavy atom. The number of hydrogen-bond acceptors (Lipinski definition) is 4. The van der Waals surface area contributed by atoms with Gasteiger partial charge in [0.15, 0.2) is 5.17 Å². The van der Waals surface area contributed by atoms with Crippen LogP contribution < -0.4 is 5.32 Å². The van der Waals surface area contributed by atoms with Crippen molar-refractivity contribution in [2.24, 2.45) is 21.5 Å². The van der Waals surface area contributed by atoms with Crippen LogP contribution in [-0.4, -0.2) is 22.5 Å². The first-order valence-corrected chi connectivity index (χ1v) is 6.99. The van der Waals surface area contributed by atoms with Crippen molar-refractivity contribution in [3.8, 4) is 0 Å². The Balaban J connectivity index is 2.04. The quantitative estimate of drug-likeness (QED) is 0.730. The number of carbonyl (C=O) groups excluding carboxylic acids is 1. The van der Waals surface area contributed by atoms with Crippen molar-refractivity contribution in [1.82, 2.24) is 5.32 Å². The number of nitrogens with zero attached hydrogens (tertiary/aromatic N) is 2. The molecule has 0 bridgehead atoms. The summed E-state index contributed by atoms with van der Waals surface area (Å²) in [5.74, 6) is 1.15. The summed E-state index contributed by atoms with van der Waals surface area (Å²) in [6.45, 7) is 6.81. The van der Waals surface area contributed by atoms with Crippen LogP contribution in [0.3, 0.4) is 0 Å². The third-order valence-corrected chi connectivity index (χ3v) is 3.90. The van der Waals surface area contributed by atoms with Gasteiger partial charge in [-0.25, -0.2) is 0 Å². The predicted octanol–water partition coefficient (Wildman–Crippen LogP) is 2.41. The minimum Gasteiger partial charge on any atom is -0.303 e. The van der Waals surface area contributed by atoms with Gasteiger partial charge in [-0.05, 0) is 30.6 Å². The standard InChI is InChI=1S/C12H19N3OS/c1-8-4-9(6-12(2,3)5-8)14-15-11-13-10(16)7-17-11/h8H,4-7H2,1-3H3,(H,13,15,16)/b14-9+/t8-/m0/s1. The van der Waals surface area contributed by atoms with E-state index in [4.69, 9.17) is 0 Å². The van der Waals surface area contributed by atoms with E-state index in [2.05, 4.69) is 36.3 Å². The van der Waals surface area contributed by atoms with Crippen LogP contribution in [0.25, 0.3) is 0 Å². The number of amides is 1. The Morgan fingerprint density at radius 2 is 2.18 bits per heavy atom. The fourth-order valence-electron chi connectivity index (χ4n) is 2.69. The minimum absolute atomic E-state index is 0.0197. The molecule has 1 N–H and O–H groups in total. The molecule has 1 heterocycles. The summed E-state index contributed by atoms with van der Waals surface area (Å²) < 4.78 is 0. The van der Waals surface area contributed by atoms with Crippen LogP contribution in [-0.2, 0) is 4.79 Å².